The Morgan fingerprint density at radius 2 is 2.29 bits per heavy atom. The van der Waals surface area contributed by atoms with Gasteiger partial charge < -0.3 is 15.4 Å². The summed E-state index contributed by atoms with van der Waals surface area (Å²) in [6, 6.07) is 7.94. The fourth-order valence-electron chi connectivity index (χ4n) is 2.71. The lowest BCUT2D eigenvalue weighted by atomic mass is 9.97. The van der Waals surface area contributed by atoms with Crippen molar-refractivity contribution in [1.82, 2.24) is 4.90 Å². The molecular formula is C16H25ClN2O2. The number of halogens is 1. The zero-order chi connectivity index (χ0) is 14.5. The highest BCUT2D eigenvalue weighted by Gasteiger charge is 2.26. The molecule has 1 aliphatic heterocycles. The van der Waals surface area contributed by atoms with E-state index in [0.29, 0.717) is 18.9 Å². The third-order valence-corrected chi connectivity index (χ3v) is 4.12. The van der Waals surface area contributed by atoms with E-state index in [4.69, 9.17) is 10.5 Å². The van der Waals surface area contributed by atoms with Crippen LogP contribution in [-0.2, 0) is 4.79 Å². The third kappa shape index (κ3) is 4.61. The number of carbonyl (C=O) groups is 1. The van der Waals surface area contributed by atoms with E-state index in [9.17, 15) is 4.79 Å². The molecular weight excluding hydrogens is 288 g/mol. The quantitative estimate of drug-likeness (QED) is 0.908. The average Bonchev–Trinajstić information content (AvgIpc) is 2.96. The van der Waals surface area contributed by atoms with Crippen LogP contribution >= 0.6 is 12.4 Å². The second-order valence-electron chi connectivity index (χ2n) is 5.61. The molecule has 1 heterocycles. The molecule has 1 aromatic rings. The van der Waals surface area contributed by atoms with Gasteiger partial charge in [0.2, 0.25) is 5.91 Å². The number of likely N-dealkylation sites (tertiary alicyclic amines) is 1. The molecule has 4 nitrogen and oxygen atoms in total. The molecule has 1 aromatic carbocycles. The fraction of sp³-hybridized carbons (Fsp3) is 0.562. The second kappa shape index (κ2) is 8.25. The monoisotopic (exact) mass is 312 g/mol. The van der Waals surface area contributed by atoms with Crippen molar-refractivity contribution in [2.45, 2.75) is 25.7 Å². The van der Waals surface area contributed by atoms with Crippen LogP contribution in [0.15, 0.2) is 24.3 Å². The molecule has 0 aromatic heterocycles. The Hall–Kier alpha value is -1.26. The number of methoxy groups -OCH3 is 1. The van der Waals surface area contributed by atoms with Crippen LogP contribution in [0, 0.1) is 5.92 Å². The molecule has 5 heteroatoms. The minimum absolute atomic E-state index is 0. The second-order valence-corrected chi connectivity index (χ2v) is 5.61. The first-order chi connectivity index (χ1) is 9.63. The van der Waals surface area contributed by atoms with Crippen molar-refractivity contribution in [3.05, 3.63) is 29.8 Å². The van der Waals surface area contributed by atoms with Crippen molar-refractivity contribution < 1.29 is 9.53 Å². The van der Waals surface area contributed by atoms with E-state index < -0.39 is 0 Å². The zero-order valence-electron chi connectivity index (χ0n) is 12.7. The summed E-state index contributed by atoms with van der Waals surface area (Å²) in [7, 11) is 1.66. The number of hydrogen-bond donors (Lipinski definition) is 1. The Morgan fingerprint density at radius 1 is 1.52 bits per heavy atom. The summed E-state index contributed by atoms with van der Waals surface area (Å²) >= 11 is 0. The van der Waals surface area contributed by atoms with Crippen molar-refractivity contribution in [2.24, 2.45) is 11.7 Å². The predicted octanol–water partition coefficient (Wildman–Crippen LogP) is 2.42. The van der Waals surface area contributed by atoms with E-state index in [0.717, 1.165) is 30.8 Å². The topological polar surface area (TPSA) is 55.6 Å². The normalized spacial score (nSPS) is 19.0. The fourth-order valence-corrected chi connectivity index (χ4v) is 2.71. The molecule has 1 aliphatic rings. The molecule has 2 N–H and O–H groups in total. The lowest BCUT2D eigenvalue weighted by Gasteiger charge is -2.19. The summed E-state index contributed by atoms with van der Waals surface area (Å²) in [5.74, 6) is 1.75. The number of nitrogens with zero attached hydrogens (tertiary/aromatic N) is 1. The van der Waals surface area contributed by atoms with Crippen LogP contribution in [0.1, 0.15) is 31.2 Å². The highest BCUT2D eigenvalue weighted by atomic mass is 35.5. The molecule has 2 unspecified atom stereocenters. The van der Waals surface area contributed by atoms with Gasteiger partial charge in [0.05, 0.1) is 7.11 Å². The summed E-state index contributed by atoms with van der Waals surface area (Å²) in [5, 5.41) is 0. The summed E-state index contributed by atoms with van der Waals surface area (Å²) in [6.07, 6.45) is 1.58. The Labute approximate surface area is 133 Å². The van der Waals surface area contributed by atoms with Crippen LogP contribution in [0.25, 0.3) is 0 Å². The molecule has 118 valence electrons. The van der Waals surface area contributed by atoms with Gasteiger partial charge in [-0.1, -0.05) is 19.1 Å². The molecule has 0 aliphatic carbocycles. The Bertz CT molecular complexity index is 467. The maximum atomic E-state index is 12.3. The number of hydrogen-bond acceptors (Lipinski definition) is 3. The molecule has 0 saturated carbocycles. The van der Waals surface area contributed by atoms with Gasteiger partial charge in [0, 0.05) is 19.5 Å². The summed E-state index contributed by atoms with van der Waals surface area (Å²) in [5.41, 5.74) is 6.81. The van der Waals surface area contributed by atoms with E-state index >= 15 is 0 Å². The zero-order valence-corrected chi connectivity index (χ0v) is 13.6. The predicted molar refractivity (Wildman–Crippen MR) is 87.0 cm³/mol. The van der Waals surface area contributed by atoms with Crippen molar-refractivity contribution in [1.29, 1.82) is 0 Å². The van der Waals surface area contributed by atoms with Crippen molar-refractivity contribution in [2.75, 3.05) is 26.7 Å². The summed E-state index contributed by atoms with van der Waals surface area (Å²) in [4.78, 5) is 14.3. The summed E-state index contributed by atoms with van der Waals surface area (Å²) < 4.78 is 5.23. The number of carbonyl (C=O) groups excluding carboxylic acids is 1. The van der Waals surface area contributed by atoms with Gasteiger partial charge in [0.1, 0.15) is 5.75 Å². The van der Waals surface area contributed by atoms with Gasteiger partial charge in [-0.2, -0.15) is 0 Å². The first kappa shape index (κ1) is 17.8. The molecule has 21 heavy (non-hydrogen) atoms. The van der Waals surface area contributed by atoms with Gasteiger partial charge in [0.25, 0.3) is 0 Å². The SMILES string of the molecule is COc1cccc(C(C)CC(=O)N2CCC(CN)C2)c1.Cl. The van der Waals surface area contributed by atoms with Gasteiger partial charge in [-0.05, 0) is 42.5 Å². The molecule has 1 amide bonds. The lowest BCUT2D eigenvalue weighted by molar-refractivity contribution is -0.130. The van der Waals surface area contributed by atoms with Gasteiger partial charge in [-0.3, -0.25) is 4.79 Å². The Balaban J connectivity index is 0.00000220. The highest BCUT2D eigenvalue weighted by Crippen LogP contribution is 2.25. The summed E-state index contributed by atoms with van der Waals surface area (Å²) in [6.45, 7) is 4.43. The first-order valence-electron chi connectivity index (χ1n) is 7.25. The number of nitrogens with two attached hydrogens (primary N) is 1. The Morgan fingerprint density at radius 3 is 2.90 bits per heavy atom. The molecule has 2 atom stereocenters. The van der Waals surface area contributed by atoms with Crippen LogP contribution in [0.5, 0.6) is 5.75 Å². The number of benzene rings is 1. The highest BCUT2D eigenvalue weighted by molar-refractivity contribution is 5.85. The van der Waals surface area contributed by atoms with E-state index in [1.54, 1.807) is 7.11 Å². The minimum Gasteiger partial charge on any atom is -0.497 e. The van der Waals surface area contributed by atoms with Crippen molar-refractivity contribution >= 4 is 18.3 Å². The van der Waals surface area contributed by atoms with E-state index in [1.807, 2.05) is 29.2 Å². The molecule has 0 radical (unpaired) electrons. The standard InChI is InChI=1S/C16H24N2O2.ClH/c1-12(14-4-3-5-15(9-14)20-2)8-16(19)18-7-6-13(10-17)11-18;/h3-5,9,12-13H,6-8,10-11,17H2,1-2H3;1H. The van der Waals surface area contributed by atoms with Gasteiger partial charge >= 0.3 is 0 Å². The number of amides is 1. The molecule has 2 rings (SSSR count). The maximum absolute atomic E-state index is 12.3. The van der Waals surface area contributed by atoms with Gasteiger partial charge in [-0.15, -0.1) is 12.4 Å². The molecule has 0 spiro atoms. The van der Waals surface area contributed by atoms with Crippen LogP contribution in [-0.4, -0.2) is 37.6 Å². The van der Waals surface area contributed by atoms with Crippen LogP contribution in [0.3, 0.4) is 0 Å². The van der Waals surface area contributed by atoms with Crippen molar-refractivity contribution in [3.63, 3.8) is 0 Å². The molecule has 1 fully saturated rings. The van der Waals surface area contributed by atoms with Crippen molar-refractivity contribution in [3.8, 4) is 5.75 Å². The van der Waals surface area contributed by atoms with E-state index in [2.05, 4.69) is 6.92 Å². The van der Waals surface area contributed by atoms with Crippen LogP contribution in [0.2, 0.25) is 0 Å². The lowest BCUT2D eigenvalue weighted by Crippen LogP contribution is -2.30. The molecule has 0 bridgehead atoms. The maximum Gasteiger partial charge on any atom is 0.223 e. The smallest absolute Gasteiger partial charge is 0.223 e. The first-order valence-corrected chi connectivity index (χ1v) is 7.25. The average molecular weight is 313 g/mol. The largest absolute Gasteiger partial charge is 0.497 e. The van der Waals surface area contributed by atoms with Crippen LogP contribution < -0.4 is 10.5 Å². The number of ether oxygens (including phenoxy) is 1. The van der Waals surface area contributed by atoms with E-state index in [1.165, 1.54) is 0 Å². The van der Waals surface area contributed by atoms with Gasteiger partial charge in [-0.25, -0.2) is 0 Å². The number of rotatable bonds is 5. The van der Waals surface area contributed by atoms with Gasteiger partial charge in [0.15, 0.2) is 0 Å². The Kier molecular flexibility index (Phi) is 6.99. The van der Waals surface area contributed by atoms with E-state index in [-0.39, 0.29) is 24.2 Å². The minimum atomic E-state index is 0. The third-order valence-electron chi connectivity index (χ3n) is 4.12. The molecule has 1 saturated heterocycles. The van der Waals surface area contributed by atoms with Crippen LogP contribution in [0.4, 0.5) is 0 Å².